The van der Waals surface area contributed by atoms with Crippen molar-refractivity contribution in [3.63, 3.8) is 0 Å². The topological polar surface area (TPSA) is 79.7 Å². The van der Waals surface area contributed by atoms with E-state index >= 15 is 0 Å². The first-order chi connectivity index (χ1) is 16.9. The van der Waals surface area contributed by atoms with Gasteiger partial charge in [-0.05, 0) is 60.9 Å². The minimum Gasteiger partial charge on any atom is -0.390 e. The summed E-state index contributed by atoms with van der Waals surface area (Å²) in [4.78, 5) is 11.7. The molecule has 1 fully saturated rings. The summed E-state index contributed by atoms with van der Waals surface area (Å²) in [5.74, 6) is 1.03. The van der Waals surface area contributed by atoms with Crippen LogP contribution >= 0.6 is 23.2 Å². The van der Waals surface area contributed by atoms with Crippen LogP contribution in [0.5, 0.6) is 0 Å². The Labute approximate surface area is 214 Å². The number of imidazole rings is 1. The zero-order valence-corrected chi connectivity index (χ0v) is 21.0. The van der Waals surface area contributed by atoms with Gasteiger partial charge in [0.2, 0.25) is 0 Å². The molecule has 3 N–H and O–H groups in total. The highest BCUT2D eigenvalue weighted by atomic mass is 35.5. The molecule has 6 nitrogen and oxygen atoms in total. The normalized spacial score (nSPS) is 19.0. The van der Waals surface area contributed by atoms with E-state index in [1.165, 1.54) is 5.56 Å². The third kappa shape index (κ3) is 3.46. The number of fused-ring (bicyclic) bond motifs is 2. The van der Waals surface area contributed by atoms with E-state index < -0.39 is 0 Å². The molecule has 8 heteroatoms. The number of aliphatic hydroxyl groups excluding tert-OH is 1. The maximum absolute atomic E-state index is 10.1. The number of nitrogens with zero attached hydrogens (tertiary/aromatic N) is 4. The van der Waals surface area contributed by atoms with Crippen LogP contribution in [0.25, 0.3) is 16.8 Å². The van der Waals surface area contributed by atoms with Crippen molar-refractivity contribution in [1.82, 2.24) is 14.4 Å². The highest BCUT2D eigenvalue weighted by molar-refractivity contribution is 6.43. The Morgan fingerprint density at radius 2 is 1.94 bits per heavy atom. The molecule has 0 saturated carbocycles. The van der Waals surface area contributed by atoms with Crippen LogP contribution in [-0.4, -0.2) is 32.6 Å². The fourth-order valence-corrected chi connectivity index (χ4v) is 6.42. The predicted octanol–water partition coefficient (Wildman–Crippen LogP) is 5.35. The monoisotopic (exact) mass is 507 g/mol. The van der Waals surface area contributed by atoms with Gasteiger partial charge >= 0.3 is 0 Å². The molecule has 3 aromatic heterocycles. The maximum atomic E-state index is 10.1. The van der Waals surface area contributed by atoms with E-state index in [4.69, 9.17) is 33.9 Å². The summed E-state index contributed by atoms with van der Waals surface area (Å²) in [6.45, 7) is 3.71. The number of nitrogens with two attached hydrogens (primary N) is 1. The van der Waals surface area contributed by atoms with Crippen LogP contribution < -0.4 is 10.6 Å². The lowest BCUT2D eigenvalue weighted by molar-refractivity contribution is 0.186. The molecule has 1 aliphatic carbocycles. The van der Waals surface area contributed by atoms with Crippen molar-refractivity contribution in [3.8, 4) is 11.1 Å². The number of aromatic nitrogens is 3. The van der Waals surface area contributed by atoms with Crippen molar-refractivity contribution in [1.29, 1.82) is 0 Å². The van der Waals surface area contributed by atoms with E-state index in [1.54, 1.807) is 12.3 Å². The van der Waals surface area contributed by atoms with Gasteiger partial charge in [0.05, 0.1) is 28.5 Å². The maximum Gasteiger partial charge on any atom is 0.146 e. The molecule has 1 spiro atoms. The number of hydrogen-bond donors (Lipinski definition) is 2. The van der Waals surface area contributed by atoms with Crippen LogP contribution in [0.1, 0.15) is 41.4 Å². The molecule has 0 unspecified atom stereocenters. The van der Waals surface area contributed by atoms with Crippen LogP contribution in [0.4, 0.5) is 5.82 Å². The van der Waals surface area contributed by atoms with Crippen LogP contribution in [0.2, 0.25) is 10.0 Å². The van der Waals surface area contributed by atoms with Crippen LogP contribution in [0, 0.1) is 12.3 Å². The van der Waals surface area contributed by atoms with Crippen molar-refractivity contribution < 1.29 is 5.11 Å². The number of aliphatic hydroxyl groups is 1. The largest absolute Gasteiger partial charge is 0.390 e. The molecular weight excluding hydrogens is 481 g/mol. The van der Waals surface area contributed by atoms with E-state index in [9.17, 15) is 5.11 Å². The number of piperidine rings is 1. The Kier molecular flexibility index (Phi) is 5.53. The molecule has 180 valence electrons. The second-order valence-corrected chi connectivity index (χ2v) is 10.6. The van der Waals surface area contributed by atoms with Gasteiger partial charge in [0, 0.05) is 42.1 Å². The highest BCUT2D eigenvalue weighted by Crippen LogP contribution is 2.50. The average Bonchev–Trinajstić information content (AvgIpc) is 3.41. The van der Waals surface area contributed by atoms with Crippen molar-refractivity contribution in [2.75, 3.05) is 18.0 Å². The first kappa shape index (κ1) is 22.8. The summed E-state index contributed by atoms with van der Waals surface area (Å²) in [5, 5.41) is 11.1. The predicted molar refractivity (Wildman–Crippen MR) is 140 cm³/mol. The molecule has 0 bridgehead atoms. The molecule has 0 radical (unpaired) electrons. The van der Waals surface area contributed by atoms with E-state index in [-0.39, 0.29) is 18.1 Å². The smallest absolute Gasteiger partial charge is 0.146 e. The first-order valence-corrected chi connectivity index (χ1v) is 12.7. The quantitative estimate of drug-likeness (QED) is 0.390. The van der Waals surface area contributed by atoms with E-state index in [0.717, 1.165) is 71.9 Å². The zero-order chi connectivity index (χ0) is 24.3. The van der Waals surface area contributed by atoms with Gasteiger partial charge in [-0.1, -0.05) is 41.4 Å². The number of benzene rings is 1. The van der Waals surface area contributed by atoms with Crippen molar-refractivity contribution >= 4 is 34.7 Å². The molecule has 0 amide bonds. The Balaban J connectivity index is 1.39. The molecule has 1 aromatic carbocycles. The van der Waals surface area contributed by atoms with Crippen LogP contribution in [0.3, 0.4) is 0 Å². The van der Waals surface area contributed by atoms with Crippen LogP contribution in [0.15, 0.2) is 48.8 Å². The second-order valence-electron chi connectivity index (χ2n) is 9.77. The van der Waals surface area contributed by atoms with Gasteiger partial charge in [-0.3, -0.25) is 9.38 Å². The third-order valence-corrected chi connectivity index (χ3v) is 8.75. The van der Waals surface area contributed by atoms with Crippen molar-refractivity contribution in [2.24, 2.45) is 11.1 Å². The van der Waals surface area contributed by atoms with Gasteiger partial charge in [0.25, 0.3) is 0 Å². The van der Waals surface area contributed by atoms with Gasteiger partial charge in [-0.15, -0.1) is 0 Å². The fourth-order valence-electron chi connectivity index (χ4n) is 6.02. The zero-order valence-electron chi connectivity index (χ0n) is 19.5. The number of pyridine rings is 2. The standard InChI is InChI=1S/C27H27Cl2N5O/c1-16-12-22(33-10-7-27(8-11-33)13-21-18(25(27)30)5-3-9-31-21)34-17(15-35)14-32-26(34)23(16)19-4-2-6-20(28)24(19)29/h2-6,9,12,14,25,35H,7-8,10-11,13,15,30H2,1H3/t25-/m1/s1. The minimum absolute atomic E-state index is 0.0173. The SMILES string of the molecule is Cc1cc(N2CCC3(CC2)Cc2ncccc2[C@H]3N)n2c(CO)cnc2c1-c1cccc(Cl)c1Cl. The van der Waals surface area contributed by atoms with Gasteiger partial charge < -0.3 is 15.7 Å². The molecule has 1 aliphatic heterocycles. The molecule has 1 saturated heterocycles. The summed E-state index contributed by atoms with van der Waals surface area (Å²) in [6, 6.07) is 11.9. The lowest BCUT2D eigenvalue weighted by Gasteiger charge is -2.43. The van der Waals surface area contributed by atoms with Crippen molar-refractivity contribution in [3.05, 3.63) is 81.4 Å². The number of halogens is 2. The number of aryl methyl sites for hydroxylation is 1. The highest BCUT2D eigenvalue weighted by Gasteiger charge is 2.46. The van der Waals surface area contributed by atoms with Gasteiger partial charge in [0.1, 0.15) is 11.5 Å². The molecule has 1 atom stereocenters. The van der Waals surface area contributed by atoms with Gasteiger partial charge in [-0.2, -0.15) is 0 Å². The van der Waals surface area contributed by atoms with E-state index in [0.29, 0.717) is 10.0 Å². The molecule has 35 heavy (non-hydrogen) atoms. The molecule has 6 rings (SSSR count). The second kappa shape index (κ2) is 8.49. The van der Waals surface area contributed by atoms with Gasteiger partial charge in [0.15, 0.2) is 0 Å². The van der Waals surface area contributed by atoms with Crippen LogP contribution in [-0.2, 0) is 13.0 Å². The lowest BCUT2D eigenvalue weighted by Crippen LogP contribution is -2.45. The molecule has 4 heterocycles. The summed E-state index contributed by atoms with van der Waals surface area (Å²) < 4.78 is 2.06. The summed E-state index contributed by atoms with van der Waals surface area (Å²) in [7, 11) is 0. The van der Waals surface area contributed by atoms with E-state index in [1.807, 2.05) is 24.4 Å². The minimum atomic E-state index is -0.108. The number of anilines is 1. The Morgan fingerprint density at radius 3 is 2.69 bits per heavy atom. The van der Waals surface area contributed by atoms with E-state index in [2.05, 4.69) is 33.3 Å². The summed E-state index contributed by atoms with van der Waals surface area (Å²) >= 11 is 12.9. The Hall–Kier alpha value is -2.64. The fraction of sp³-hybridized carbons (Fsp3) is 0.333. The Morgan fingerprint density at radius 1 is 1.14 bits per heavy atom. The third-order valence-electron chi connectivity index (χ3n) is 7.93. The number of hydrogen-bond acceptors (Lipinski definition) is 5. The van der Waals surface area contributed by atoms with Gasteiger partial charge in [-0.25, -0.2) is 4.98 Å². The van der Waals surface area contributed by atoms with Crippen molar-refractivity contribution in [2.45, 2.75) is 38.8 Å². The summed E-state index contributed by atoms with van der Waals surface area (Å²) in [5.41, 5.74) is 13.5. The molecule has 4 aromatic rings. The molecule has 2 aliphatic rings. The summed E-state index contributed by atoms with van der Waals surface area (Å²) in [6.07, 6.45) is 6.50. The Bertz CT molecular complexity index is 1440. The average molecular weight is 508 g/mol. The number of rotatable bonds is 3. The lowest BCUT2D eigenvalue weighted by atomic mass is 9.73. The first-order valence-electron chi connectivity index (χ1n) is 11.9. The molecular formula is C27H27Cl2N5O.